The number of benzene rings is 2. The van der Waals surface area contributed by atoms with Gasteiger partial charge in [0.15, 0.2) is 29.5 Å². The van der Waals surface area contributed by atoms with Gasteiger partial charge in [0.05, 0.1) is 6.10 Å². The molecule has 2 heterocycles. The summed E-state index contributed by atoms with van der Waals surface area (Å²) in [4.78, 5) is 36.9. The standard InChI is InChI=1S/C25H24O13/c1-9-21(35-10(2)26)20(33)24(36-11(3)27)25(34-9)38-23-19(32)18-16(31)7-13(28)8-17(18)37-22(23)12-4-5-14(29)15(30)6-12/h4-9,20-21,24-25,28-31,33H,1-3H3. The van der Waals surface area contributed by atoms with E-state index in [4.69, 9.17) is 23.4 Å². The molecule has 1 fully saturated rings. The summed E-state index contributed by atoms with van der Waals surface area (Å²) in [5.41, 5.74) is -1.16. The SMILES string of the molecule is CC(=O)OC1C(C)OC(Oc2c(-c3ccc(O)c(O)c3)oc3cc(O)cc(O)c3c2=O)C(OC(C)=O)C1O. The highest BCUT2D eigenvalue weighted by molar-refractivity contribution is 5.88. The van der Waals surface area contributed by atoms with Crippen molar-refractivity contribution in [2.75, 3.05) is 0 Å². The first-order chi connectivity index (χ1) is 17.9. The molecule has 5 N–H and O–H groups in total. The molecule has 1 saturated heterocycles. The number of carbonyl (C=O) groups excluding carboxylic acids is 2. The molecule has 3 aromatic rings. The van der Waals surface area contributed by atoms with E-state index in [1.54, 1.807) is 0 Å². The molecule has 1 aromatic heterocycles. The van der Waals surface area contributed by atoms with Gasteiger partial charge in [-0.3, -0.25) is 14.4 Å². The zero-order valence-corrected chi connectivity index (χ0v) is 20.3. The van der Waals surface area contributed by atoms with Crippen LogP contribution in [0.15, 0.2) is 39.5 Å². The molecule has 202 valence electrons. The third-order valence-corrected chi connectivity index (χ3v) is 5.75. The molecule has 0 radical (unpaired) electrons. The van der Waals surface area contributed by atoms with Crippen molar-refractivity contribution in [1.29, 1.82) is 0 Å². The van der Waals surface area contributed by atoms with Crippen molar-refractivity contribution in [2.45, 2.75) is 51.5 Å². The average Bonchev–Trinajstić information content (AvgIpc) is 2.81. The highest BCUT2D eigenvalue weighted by Crippen LogP contribution is 2.39. The highest BCUT2D eigenvalue weighted by atomic mass is 16.7. The number of aromatic hydroxyl groups is 4. The molecule has 5 atom stereocenters. The molecule has 1 aliphatic heterocycles. The number of aliphatic hydroxyl groups is 1. The molecule has 0 bridgehead atoms. The number of ether oxygens (including phenoxy) is 4. The van der Waals surface area contributed by atoms with E-state index >= 15 is 0 Å². The molecular formula is C25H24O13. The topological polar surface area (TPSA) is 202 Å². The quantitative estimate of drug-likeness (QED) is 0.234. The van der Waals surface area contributed by atoms with Gasteiger partial charge in [0, 0.05) is 31.5 Å². The molecule has 0 saturated carbocycles. The minimum atomic E-state index is -1.64. The lowest BCUT2D eigenvalue weighted by Crippen LogP contribution is -2.60. The second-order valence-corrected chi connectivity index (χ2v) is 8.60. The lowest BCUT2D eigenvalue weighted by molar-refractivity contribution is -0.277. The Balaban J connectivity index is 1.88. The number of carbonyl (C=O) groups is 2. The fourth-order valence-electron chi connectivity index (χ4n) is 4.11. The summed E-state index contributed by atoms with van der Waals surface area (Å²) in [5, 5.41) is 50.4. The van der Waals surface area contributed by atoms with Crippen molar-refractivity contribution in [1.82, 2.24) is 0 Å². The Labute approximate surface area is 214 Å². The lowest BCUT2D eigenvalue weighted by Gasteiger charge is -2.41. The lowest BCUT2D eigenvalue weighted by atomic mass is 9.99. The van der Waals surface area contributed by atoms with Gasteiger partial charge in [0.1, 0.15) is 28.6 Å². The fourth-order valence-corrected chi connectivity index (χ4v) is 4.11. The molecule has 2 aromatic carbocycles. The van der Waals surface area contributed by atoms with E-state index < -0.39 is 76.8 Å². The summed E-state index contributed by atoms with van der Waals surface area (Å²) in [6.07, 6.45) is -7.09. The molecule has 1 aliphatic rings. The minimum absolute atomic E-state index is 0.0309. The van der Waals surface area contributed by atoms with Crippen molar-refractivity contribution >= 4 is 22.9 Å². The molecule has 4 rings (SSSR count). The van der Waals surface area contributed by atoms with Gasteiger partial charge in [-0.25, -0.2) is 0 Å². The van der Waals surface area contributed by atoms with Crippen LogP contribution < -0.4 is 10.2 Å². The van der Waals surface area contributed by atoms with Crippen molar-refractivity contribution < 1.29 is 58.5 Å². The van der Waals surface area contributed by atoms with Crippen LogP contribution in [-0.4, -0.2) is 68.2 Å². The maximum absolute atomic E-state index is 13.5. The summed E-state index contributed by atoms with van der Waals surface area (Å²) in [6, 6.07) is 5.44. The van der Waals surface area contributed by atoms with Gasteiger partial charge in [0.2, 0.25) is 17.5 Å². The van der Waals surface area contributed by atoms with Crippen molar-refractivity contribution in [3.63, 3.8) is 0 Å². The van der Waals surface area contributed by atoms with Crippen LogP contribution in [0.3, 0.4) is 0 Å². The van der Waals surface area contributed by atoms with Gasteiger partial charge >= 0.3 is 11.9 Å². The summed E-state index contributed by atoms with van der Waals surface area (Å²) in [7, 11) is 0. The maximum Gasteiger partial charge on any atom is 0.303 e. The van der Waals surface area contributed by atoms with Crippen LogP contribution in [-0.2, 0) is 23.8 Å². The molecular weight excluding hydrogens is 508 g/mol. The smallest absolute Gasteiger partial charge is 0.303 e. The normalized spacial score (nSPS) is 23.1. The molecule has 0 amide bonds. The molecule has 5 unspecified atom stereocenters. The number of phenolic OH excluding ortho intramolecular Hbond substituents is 4. The predicted octanol–water partition coefficient (Wildman–Crippen LogP) is 1.63. The Morgan fingerprint density at radius 3 is 2.18 bits per heavy atom. The first kappa shape index (κ1) is 26.6. The number of fused-ring (bicyclic) bond motifs is 1. The number of esters is 2. The average molecular weight is 532 g/mol. The van der Waals surface area contributed by atoms with Crippen LogP contribution >= 0.6 is 0 Å². The summed E-state index contributed by atoms with van der Waals surface area (Å²) >= 11 is 0. The number of rotatable bonds is 5. The van der Waals surface area contributed by atoms with Gasteiger partial charge in [0.25, 0.3) is 0 Å². The van der Waals surface area contributed by atoms with E-state index in [1.807, 2.05) is 0 Å². The van der Waals surface area contributed by atoms with Gasteiger partial charge in [-0.2, -0.15) is 0 Å². The molecule has 38 heavy (non-hydrogen) atoms. The van der Waals surface area contributed by atoms with E-state index in [9.17, 15) is 39.9 Å². The van der Waals surface area contributed by atoms with Crippen molar-refractivity contribution in [3.8, 4) is 40.1 Å². The van der Waals surface area contributed by atoms with Crippen molar-refractivity contribution in [3.05, 3.63) is 40.6 Å². The van der Waals surface area contributed by atoms with E-state index in [2.05, 4.69) is 0 Å². The van der Waals surface area contributed by atoms with E-state index in [0.717, 1.165) is 38.1 Å². The Bertz CT molecular complexity index is 1460. The van der Waals surface area contributed by atoms with Crippen molar-refractivity contribution in [2.24, 2.45) is 0 Å². The van der Waals surface area contributed by atoms with Gasteiger partial charge < -0.3 is 48.9 Å². The Kier molecular flexibility index (Phi) is 7.07. The third-order valence-electron chi connectivity index (χ3n) is 5.75. The number of hydrogen-bond acceptors (Lipinski definition) is 13. The Morgan fingerprint density at radius 1 is 0.895 bits per heavy atom. The second-order valence-electron chi connectivity index (χ2n) is 8.60. The van der Waals surface area contributed by atoms with E-state index in [1.165, 1.54) is 13.0 Å². The summed E-state index contributed by atoms with van der Waals surface area (Å²) in [5.74, 6) is -4.55. The van der Waals surface area contributed by atoms with Crippen LogP contribution in [0.25, 0.3) is 22.3 Å². The minimum Gasteiger partial charge on any atom is -0.508 e. The van der Waals surface area contributed by atoms with Crippen LogP contribution in [0.5, 0.6) is 28.7 Å². The van der Waals surface area contributed by atoms with E-state index in [0.29, 0.717) is 0 Å². The number of hydrogen-bond donors (Lipinski definition) is 5. The Hall–Kier alpha value is -4.49. The summed E-state index contributed by atoms with van der Waals surface area (Å²) < 4.78 is 27.6. The summed E-state index contributed by atoms with van der Waals surface area (Å²) in [6.45, 7) is 3.63. The highest BCUT2D eigenvalue weighted by Gasteiger charge is 2.49. The molecule has 0 spiro atoms. The first-order valence-corrected chi connectivity index (χ1v) is 11.3. The third kappa shape index (κ3) is 5.01. The van der Waals surface area contributed by atoms with Crippen LogP contribution in [0.2, 0.25) is 0 Å². The number of phenols is 4. The zero-order chi connectivity index (χ0) is 27.9. The van der Waals surface area contributed by atoms with E-state index in [-0.39, 0.29) is 22.3 Å². The van der Waals surface area contributed by atoms with Gasteiger partial charge in [-0.15, -0.1) is 0 Å². The monoisotopic (exact) mass is 532 g/mol. The number of aliphatic hydroxyl groups excluding tert-OH is 1. The molecule has 13 nitrogen and oxygen atoms in total. The zero-order valence-electron chi connectivity index (χ0n) is 20.3. The predicted molar refractivity (Wildman–Crippen MR) is 127 cm³/mol. The van der Waals surface area contributed by atoms with Crippen LogP contribution in [0, 0.1) is 0 Å². The fraction of sp³-hybridized carbons (Fsp3) is 0.320. The first-order valence-electron chi connectivity index (χ1n) is 11.3. The Morgan fingerprint density at radius 2 is 1.55 bits per heavy atom. The van der Waals surface area contributed by atoms with Gasteiger partial charge in [-0.1, -0.05) is 0 Å². The maximum atomic E-state index is 13.5. The van der Waals surface area contributed by atoms with Crippen LogP contribution in [0.4, 0.5) is 0 Å². The van der Waals surface area contributed by atoms with Crippen LogP contribution in [0.1, 0.15) is 20.8 Å². The van der Waals surface area contributed by atoms with Gasteiger partial charge in [-0.05, 0) is 25.1 Å². The largest absolute Gasteiger partial charge is 0.508 e. The molecule has 13 heteroatoms. The second kappa shape index (κ2) is 10.1. The molecule has 0 aliphatic carbocycles.